The molecule has 0 unspecified atom stereocenters. The Kier molecular flexibility index (Phi) is 5.41. The van der Waals surface area contributed by atoms with Gasteiger partial charge in [0.15, 0.2) is 0 Å². The predicted molar refractivity (Wildman–Crippen MR) is 79.5 cm³/mol. The van der Waals surface area contributed by atoms with E-state index in [4.69, 9.17) is 0 Å². The number of nitrogens with one attached hydrogen (secondary N) is 1. The minimum absolute atomic E-state index is 0.191. The van der Waals surface area contributed by atoms with Crippen LogP contribution in [0.3, 0.4) is 0 Å². The molecule has 20 heavy (non-hydrogen) atoms. The third-order valence-corrected chi connectivity index (χ3v) is 4.53. The van der Waals surface area contributed by atoms with E-state index in [-0.39, 0.29) is 5.92 Å². The van der Waals surface area contributed by atoms with Crippen LogP contribution in [0, 0.1) is 5.92 Å². The highest BCUT2D eigenvalue weighted by molar-refractivity contribution is 5.79. The molecule has 0 aromatic heterocycles. The van der Waals surface area contributed by atoms with Crippen LogP contribution < -0.4 is 5.32 Å². The minimum Gasteiger partial charge on any atom is -0.388 e. The van der Waals surface area contributed by atoms with E-state index in [1.807, 2.05) is 23.9 Å². The lowest BCUT2D eigenvalue weighted by molar-refractivity contribution is -0.136. The van der Waals surface area contributed by atoms with Gasteiger partial charge in [-0.15, -0.1) is 0 Å². The second-order valence-electron chi connectivity index (χ2n) is 6.67. The van der Waals surface area contributed by atoms with Crippen molar-refractivity contribution in [2.45, 2.75) is 37.7 Å². The summed E-state index contributed by atoms with van der Waals surface area (Å²) in [6, 6.07) is 0. The molecule has 0 bridgehead atoms. The zero-order valence-electron chi connectivity index (χ0n) is 12.9. The summed E-state index contributed by atoms with van der Waals surface area (Å²) in [6.45, 7) is 4.09. The fraction of sp³-hybridized carbons (Fsp3) is 0.933. The normalized spacial score (nSPS) is 29.5. The predicted octanol–water partition coefficient (Wildman–Crippen LogP) is 0.291. The number of likely N-dealkylation sites (N-methyl/N-ethyl adjacent to an activating group) is 1. The first-order valence-corrected chi connectivity index (χ1v) is 7.87. The highest BCUT2D eigenvalue weighted by Crippen LogP contribution is 2.25. The molecule has 0 aliphatic carbocycles. The molecule has 2 saturated heterocycles. The molecule has 1 amide bonds. The van der Waals surface area contributed by atoms with Crippen molar-refractivity contribution in [3.05, 3.63) is 0 Å². The van der Waals surface area contributed by atoms with Crippen molar-refractivity contribution in [1.29, 1.82) is 0 Å². The van der Waals surface area contributed by atoms with Crippen molar-refractivity contribution >= 4 is 5.91 Å². The van der Waals surface area contributed by atoms with Crippen molar-refractivity contribution in [2.24, 2.45) is 5.92 Å². The van der Waals surface area contributed by atoms with Gasteiger partial charge >= 0.3 is 0 Å². The molecule has 0 aromatic rings. The number of rotatable bonds is 3. The van der Waals surface area contributed by atoms with Crippen molar-refractivity contribution in [2.75, 3.05) is 46.8 Å². The third kappa shape index (κ3) is 4.17. The molecule has 116 valence electrons. The summed E-state index contributed by atoms with van der Waals surface area (Å²) in [5.74, 6) is 0.497. The zero-order valence-corrected chi connectivity index (χ0v) is 12.9. The average molecular weight is 283 g/mol. The summed E-state index contributed by atoms with van der Waals surface area (Å²) >= 11 is 0. The molecule has 0 saturated carbocycles. The number of nitrogens with zero attached hydrogens (tertiary/aromatic N) is 2. The molecule has 5 heteroatoms. The number of piperidine rings is 1. The molecule has 2 N–H and O–H groups in total. The first-order chi connectivity index (χ1) is 9.50. The van der Waals surface area contributed by atoms with Crippen LogP contribution in [-0.4, -0.2) is 73.2 Å². The van der Waals surface area contributed by atoms with Gasteiger partial charge in [-0.05, 0) is 59.3 Å². The first-order valence-electron chi connectivity index (χ1n) is 7.87. The summed E-state index contributed by atoms with van der Waals surface area (Å²) in [6.07, 6.45) is 4.30. The maximum atomic E-state index is 12.5. The van der Waals surface area contributed by atoms with Gasteiger partial charge in [-0.25, -0.2) is 0 Å². The number of hydrogen-bond acceptors (Lipinski definition) is 4. The minimum atomic E-state index is -0.632. The maximum absolute atomic E-state index is 12.5. The van der Waals surface area contributed by atoms with E-state index in [0.29, 0.717) is 25.4 Å². The second kappa shape index (κ2) is 6.87. The van der Waals surface area contributed by atoms with Gasteiger partial charge in [0.25, 0.3) is 0 Å². The van der Waals surface area contributed by atoms with E-state index in [1.165, 1.54) is 0 Å². The van der Waals surface area contributed by atoms with Gasteiger partial charge in [0, 0.05) is 25.6 Å². The van der Waals surface area contributed by atoms with E-state index in [1.54, 1.807) is 0 Å². The smallest absolute Gasteiger partial charge is 0.225 e. The van der Waals surface area contributed by atoms with Crippen LogP contribution in [0.1, 0.15) is 32.1 Å². The van der Waals surface area contributed by atoms with Gasteiger partial charge < -0.3 is 20.2 Å². The zero-order chi connectivity index (χ0) is 14.6. The molecule has 1 atom stereocenters. The first kappa shape index (κ1) is 15.7. The fourth-order valence-electron chi connectivity index (χ4n) is 3.47. The van der Waals surface area contributed by atoms with E-state index in [0.717, 1.165) is 45.3 Å². The van der Waals surface area contributed by atoms with E-state index in [2.05, 4.69) is 5.32 Å². The maximum Gasteiger partial charge on any atom is 0.225 e. The van der Waals surface area contributed by atoms with Gasteiger partial charge in [0.2, 0.25) is 5.91 Å². The highest BCUT2D eigenvalue weighted by atomic mass is 16.3. The summed E-state index contributed by atoms with van der Waals surface area (Å²) in [4.78, 5) is 16.6. The molecule has 0 radical (unpaired) electrons. The van der Waals surface area contributed by atoms with Crippen LogP contribution >= 0.6 is 0 Å². The Labute approximate surface area is 122 Å². The summed E-state index contributed by atoms with van der Waals surface area (Å²) in [7, 11) is 3.97. The summed E-state index contributed by atoms with van der Waals surface area (Å²) in [5.41, 5.74) is -0.632. The number of amides is 1. The molecule has 2 rings (SSSR count). The lowest BCUT2D eigenvalue weighted by Gasteiger charge is -2.31. The lowest BCUT2D eigenvalue weighted by atomic mass is 9.94. The van der Waals surface area contributed by atoms with Crippen molar-refractivity contribution < 1.29 is 9.90 Å². The second-order valence-corrected chi connectivity index (χ2v) is 6.67. The molecule has 0 spiro atoms. The highest BCUT2D eigenvalue weighted by Gasteiger charge is 2.33. The van der Waals surface area contributed by atoms with E-state index in [9.17, 15) is 9.90 Å². The molecule has 2 aliphatic heterocycles. The molecule has 2 heterocycles. The summed E-state index contributed by atoms with van der Waals surface area (Å²) < 4.78 is 0. The van der Waals surface area contributed by atoms with Crippen molar-refractivity contribution in [3.63, 3.8) is 0 Å². The van der Waals surface area contributed by atoms with Gasteiger partial charge in [-0.2, -0.15) is 0 Å². The number of aliphatic hydroxyl groups is 1. The van der Waals surface area contributed by atoms with Crippen LogP contribution in [0.2, 0.25) is 0 Å². The fourth-order valence-corrected chi connectivity index (χ4v) is 3.47. The Balaban J connectivity index is 1.90. The Hall–Kier alpha value is -0.650. The molecule has 5 nitrogen and oxygen atoms in total. The van der Waals surface area contributed by atoms with Gasteiger partial charge in [0.1, 0.15) is 0 Å². The molecule has 2 fully saturated rings. The third-order valence-electron chi connectivity index (χ3n) is 4.53. The van der Waals surface area contributed by atoms with Gasteiger partial charge in [-0.1, -0.05) is 0 Å². The SMILES string of the molecule is CN(C)C[C@@]1(O)CCCN(C(=O)C2CCNCC2)CC1. The Morgan fingerprint density at radius 2 is 2.00 bits per heavy atom. The summed E-state index contributed by atoms with van der Waals surface area (Å²) in [5, 5.41) is 13.9. The lowest BCUT2D eigenvalue weighted by Crippen LogP contribution is -2.43. The number of carbonyl (C=O) groups is 1. The molecule has 0 aromatic carbocycles. The standard InChI is InChI=1S/C15H29N3O2/c1-17(2)12-15(20)6-3-10-18(11-7-15)14(19)13-4-8-16-9-5-13/h13,16,20H,3-12H2,1-2H3/t15-/m1/s1. The number of likely N-dealkylation sites (tertiary alicyclic amines) is 1. The van der Waals surface area contributed by atoms with Crippen LogP contribution in [0.4, 0.5) is 0 Å². The molecular formula is C15H29N3O2. The largest absolute Gasteiger partial charge is 0.388 e. The van der Waals surface area contributed by atoms with E-state index < -0.39 is 5.60 Å². The van der Waals surface area contributed by atoms with Crippen molar-refractivity contribution in [1.82, 2.24) is 15.1 Å². The van der Waals surface area contributed by atoms with Gasteiger partial charge in [0.05, 0.1) is 5.60 Å². The topological polar surface area (TPSA) is 55.8 Å². The Morgan fingerprint density at radius 1 is 1.30 bits per heavy atom. The van der Waals surface area contributed by atoms with Crippen LogP contribution in [0.25, 0.3) is 0 Å². The monoisotopic (exact) mass is 283 g/mol. The molecule has 2 aliphatic rings. The van der Waals surface area contributed by atoms with Crippen LogP contribution in [-0.2, 0) is 4.79 Å². The molecular weight excluding hydrogens is 254 g/mol. The van der Waals surface area contributed by atoms with Gasteiger partial charge in [-0.3, -0.25) is 4.79 Å². The van der Waals surface area contributed by atoms with Crippen molar-refractivity contribution in [3.8, 4) is 0 Å². The van der Waals surface area contributed by atoms with Crippen LogP contribution in [0.5, 0.6) is 0 Å². The Bertz CT molecular complexity index is 329. The van der Waals surface area contributed by atoms with Crippen LogP contribution in [0.15, 0.2) is 0 Å². The number of carbonyl (C=O) groups excluding carboxylic acids is 1. The quantitative estimate of drug-likeness (QED) is 0.782. The van der Waals surface area contributed by atoms with E-state index >= 15 is 0 Å². The number of hydrogen-bond donors (Lipinski definition) is 2. The Morgan fingerprint density at radius 3 is 2.65 bits per heavy atom. The average Bonchev–Trinajstić information content (AvgIpc) is 2.60.